The summed E-state index contributed by atoms with van der Waals surface area (Å²) >= 11 is 1.81. The van der Waals surface area contributed by atoms with Crippen LogP contribution in [-0.4, -0.2) is 15.0 Å². The second kappa shape index (κ2) is 11.6. The Balaban J connectivity index is 1.18. The summed E-state index contributed by atoms with van der Waals surface area (Å²) in [5.41, 5.74) is 9.18. The van der Waals surface area contributed by atoms with Crippen molar-refractivity contribution >= 4 is 53.4 Å². The Labute approximate surface area is 292 Å². The van der Waals surface area contributed by atoms with E-state index in [1.165, 1.54) is 31.5 Å². The Kier molecular flexibility index (Phi) is 6.64. The van der Waals surface area contributed by atoms with Crippen LogP contribution in [0, 0.1) is 0 Å². The minimum atomic E-state index is 0.598. The summed E-state index contributed by atoms with van der Waals surface area (Å²) in [6.07, 6.45) is 0. The number of aromatic nitrogens is 3. The smallest absolute Gasteiger partial charge is 0.164 e. The molecule has 0 N–H and O–H groups in total. The topological polar surface area (TPSA) is 51.8 Å². The molecule has 0 unspecified atom stereocenters. The van der Waals surface area contributed by atoms with Crippen molar-refractivity contribution in [2.24, 2.45) is 0 Å². The number of rotatable bonds is 5. The molecule has 0 aliphatic heterocycles. The van der Waals surface area contributed by atoms with Crippen molar-refractivity contribution in [2.45, 2.75) is 0 Å². The summed E-state index contributed by atoms with van der Waals surface area (Å²) in [5, 5.41) is 4.51. The monoisotopic (exact) mass is 657 g/mol. The SMILES string of the molecule is c1ccc(-c2ccc(-c3nc(-c4ccc5c(c4)oc4ccccc45)nc(-c4cccc5sc6c(-c7ccccc7)cccc6c45)n3)cc2)cc1. The molecule has 234 valence electrons. The minimum absolute atomic E-state index is 0.598. The van der Waals surface area contributed by atoms with Crippen LogP contribution in [0.1, 0.15) is 0 Å². The van der Waals surface area contributed by atoms with E-state index in [1.54, 1.807) is 0 Å². The third-order valence-electron chi connectivity index (χ3n) is 9.37. The molecule has 4 nitrogen and oxygen atoms in total. The van der Waals surface area contributed by atoms with Crippen LogP contribution in [0.2, 0.25) is 0 Å². The first-order chi connectivity index (χ1) is 24.8. The standard InChI is InChI=1S/C45H27N3OS/c1-3-11-28(12-4-1)29-21-23-31(24-22-29)43-46-44(32-25-26-35-34-15-7-8-19-38(34)49-39(35)27-32)48-45(47-43)37-18-10-20-40-41(37)36-17-9-16-33(42(36)50-40)30-13-5-2-6-14-30/h1-27H. The zero-order valence-electron chi connectivity index (χ0n) is 26.7. The fourth-order valence-corrected chi connectivity index (χ4v) is 8.21. The van der Waals surface area contributed by atoms with Crippen LogP contribution in [-0.2, 0) is 0 Å². The van der Waals surface area contributed by atoms with Gasteiger partial charge in [-0.25, -0.2) is 15.0 Å². The molecule has 0 spiro atoms. The van der Waals surface area contributed by atoms with Gasteiger partial charge in [-0.3, -0.25) is 0 Å². The Morgan fingerprint density at radius 2 is 0.960 bits per heavy atom. The highest BCUT2D eigenvalue weighted by molar-refractivity contribution is 7.26. The highest BCUT2D eigenvalue weighted by Gasteiger charge is 2.19. The normalized spacial score (nSPS) is 11.6. The van der Waals surface area contributed by atoms with Crippen LogP contribution in [0.4, 0.5) is 0 Å². The fourth-order valence-electron chi connectivity index (χ4n) is 6.94. The second-order valence-corrected chi connectivity index (χ2v) is 13.4. The van der Waals surface area contributed by atoms with Gasteiger partial charge in [0.2, 0.25) is 0 Å². The minimum Gasteiger partial charge on any atom is -0.456 e. The zero-order chi connectivity index (χ0) is 33.0. The van der Waals surface area contributed by atoms with Crippen molar-refractivity contribution in [3.8, 4) is 56.4 Å². The van der Waals surface area contributed by atoms with E-state index in [0.29, 0.717) is 17.5 Å². The molecule has 3 aromatic heterocycles. The third-order valence-corrected chi connectivity index (χ3v) is 10.6. The molecular formula is C45H27N3OS. The quantitative estimate of drug-likeness (QED) is 0.185. The average Bonchev–Trinajstić information content (AvgIpc) is 3.77. The molecule has 3 heterocycles. The molecule has 50 heavy (non-hydrogen) atoms. The lowest BCUT2D eigenvalue weighted by molar-refractivity contribution is 0.669. The van der Waals surface area contributed by atoms with E-state index in [4.69, 9.17) is 19.4 Å². The van der Waals surface area contributed by atoms with Gasteiger partial charge in [-0.05, 0) is 46.5 Å². The number of hydrogen-bond acceptors (Lipinski definition) is 5. The van der Waals surface area contributed by atoms with Gasteiger partial charge in [0.05, 0.1) is 0 Å². The highest BCUT2D eigenvalue weighted by atomic mass is 32.1. The molecule has 7 aromatic carbocycles. The predicted octanol–water partition coefficient (Wildman–Crippen LogP) is 12.5. The summed E-state index contributed by atoms with van der Waals surface area (Å²) in [4.78, 5) is 15.4. The van der Waals surface area contributed by atoms with Crippen molar-refractivity contribution in [2.75, 3.05) is 0 Å². The largest absolute Gasteiger partial charge is 0.456 e. The van der Waals surface area contributed by atoms with Gasteiger partial charge in [-0.15, -0.1) is 11.3 Å². The molecular weight excluding hydrogens is 631 g/mol. The Morgan fingerprint density at radius 1 is 0.380 bits per heavy atom. The zero-order valence-corrected chi connectivity index (χ0v) is 27.6. The predicted molar refractivity (Wildman–Crippen MR) is 207 cm³/mol. The van der Waals surface area contributed by atoms with Crippen LogP contribution >= 0.6 is 11.3 Å². The fraction of sp³-hybridized carbons (Fsp3) is 0. The van der Waals surface area contributed by atoms with Crippen molar-refractivity contribution in [1.29, 1.82) is 0 Å². The molecule has 0 fully saturated rings. The number of furan rings is 1. The molecule has 10 rings (SSSR count). The van der Waals surface area contributed by atoms with Crippen LogP contribution < -0.4 is 0 Å². The first-order valence-corrected chi connectivity index (χ1v) is 17.4. The second-order valence-electron chi connectivity index (χ2n) is 12.4. The molecule has 0 radical (unpaired) electrons. The van der Waals surface area contributed by atoms with E-state index in [1.807, 2.05) is 41.7 Å². The Morgan fingerprint density at radius 3 is 1.78 bits per heavy atom. The number of hydrogen-bond donors (Lipinski definition) is 0. The molecule has 0 amide bonds. The van der Waals surface area contributed by atoms with Crippen molar-refractivity contribution in [3.05, 3.63) is 164 Å². The molecule has 0 saturated carbocycles. The molecule has 10 aromatic rings. The van der Waals surface area contributed by atoms with E-state index >= 15 is 0 Å². The lowest BCUT2D eigenvalue weighted by Crippen LogP contribution is -2.00. The number of nitrogens with zero attached hydrogens (tertiary/aromatic N) is 3. The lowest BCUT2D eigenvalue weighted by Gasteiger charge is -2.10. The van der Waals surface area contributed by atoms with Gasteiger partial charge in [-0.2, -0.15) is 0 Å². The van der Waals surface area contributed by atoms with Gasteiger partial charge >= 0.3 is 0 Å². The van der Waals surface area contributed by atoms with Crippen molar-refractivity contribution < 1.29 is 4.42 Å². The van der Waals surface area contributed by atoms with Gasteiger partial charge in [0.1, 0.15) is 11.2 Å². The van der Waals surface area contributed by atoms with Crippen LogP contribution in [0.3, 0.4) is 0 Å². The lowest BCUT2D eigenvalue weighted by atomic mass is 10.0. The van der Waals surface area contributed by atoms with Crippen molar-refractivity contribution in [1.82, 2.24) is 15.0 Å². The van der Waals surface area contributed by atoms with Crippen LogP contribution in [0.25, 0.3) is 98.5 Å². The summed E-state index contributed by atoms with van der Waals surface area (Å²) < 4.78 is 8.72. The summed E-state index contributed by atoms with van der Waals surface area (Å²) in [5.74, 6) is 1.86. The highest BCUT2D eigenvalue weighted by Crippen LogP contribution is 2.43. The number of thiophene rings is 1. The first-order valence-electron chi connectivity index (χ1n) is 16.6. The molecule has 5 heteroatoms. The summed E-state index contributed by atoms with van der Waals surface area (Å²) in [6.45, 7) is 0. The van der Waals surface area contributed by atoms with Gasteiger partial charge in [0.15, 0.2) is 17.5 Å². The number of fused-ring (bicyclic) bond motifs is 6. The third kappa shape index (κ3) is 4.79. The maximum Gasteiger partial charge on any atom is 0.164 e. The maximum absolute atomic E-state index is 6.27. The summed E-state index contributed by atoms with van der Waals surface area (Å²) in [7, 11) is 0. The van der Waals surface area contributed by atoms with E-state index in [0.717, 1.165) is 49.6 Å². The molecule has 0 atom stereocenters. The molecule has 0 aliphatic carbocycles. The van der Waals surface area contributed by atoms with E-state index in [2.05, 4.69) is 133 Å². The Bertz CT molecular complexity index is 2860. The van der Waals surface area contributed by atoms with Gasteiger partial charge in [-0.1, -0.05) is 140 Å². The molecule has 0 aliphatic rings. The first kappa shape index (κ1) is 28.6. The van der Waals surface area contributed by atoms with Crippen LogP contribution in [0.15, 0.2) is 168 Å². The number of benzene rings is 7. The van der Waals surface area contributed by atoms with Crippen LogP contribution in [0.5, 0.6) is 0 Å². The van der Waals surface area contributed by atoms with Gasteiger partial charge in [0, 0.05) is 47.6 Å². The number of para-hydroxylation sites is 1. The Hall–Kier alpha value is -6.43. The van der Waals surface area contributed by atoms with E-state index in [9.17, 15) is 0 Å². The van der Waals surface area contributed by atoms with Crippen molar-refractivity contribution in [3.63, 3.8) is 0 Å². The van der Waals surface area contributed by atoms with E-state index in [-0.39, 0.29) is 0 Å². The molecule has 0 saturated heterocycles. The molecule has 0 bridgehead atoms. The average molecular weight is 658 g/mol. The maximum atomic E-state index is 6.27. The van der Waals surface area contributed by atoms with Gasteiger partial charge < -0.3 is 4.42 Å². The van der Waals surface area contributed by atoms with E-state index < -0.39 is 0 Å². The van der Waals surface area contributed by atoms with Gasteiger partial charge in [0.25, 0.3) is 0 Å². The summed E-state index contributed by atoms with van der Waals surface area (Å²) in [6, 6.07) is 56.8.